The van der Waals surface area contributed by atoms with E-state index in [1.54, 1.807) is 13.2 Å². The van der Waals surface area contributed by atoms with Crippen molar-refractivity contribution in [3.63, 3.8) is 0 Å². The van der Waals surface area contributed by atoms with Gasteiger partial charge >= 0.3 is 6.01 Å². The van der Waals surface area contributed by atoms with E-state index in [4.69, 9.17) is 15.5 Å². The van der Waals surface area contributed by atoms with Gasteiger partial charge in [0.05, 0.1) is 18.5 Å². The predicted octanol–water partition coefficient (Wildman–Crippen LogP) is 2.18. The molecule has 1 atom stereocenters. The maximum atomic E-state index is 8.73. The van der Waals surface area contributed by atoms with Crippen molar-refractivity contribution in [2.45, 2.75) is 6.92 Å². The first kappa shape index (κ1) is 12.1. The molecule has 0 fully saturated rings. The topological polar surface area (TPSA) is 79.1 Å². The molecule has 5 heteroatoms. The third kappa shape index (κ3) is 2.67. The van der Waals surface area contributed by atoms with Crippen LogP contribution in [0.2, 0.25) is 0 Å². The molecule has 0 aliphatic heterocycles. The van der Waals surface area contributed by atoms with E-state index >= 15 is 0 Å². The van der Waals surface area contributed by atoms with Crippen molar-refractivity contribution in [1.82, 2.24) is 4.98 Å². The number of benzene rings is 1. The lowest BCUT2D eigenvalue weighted by molar-refractivity contribution is 0.524. The quantitative estimate of drug-likeness (QED) is 0.656. The zero-order chi connectivity index (χ0) is 13.0. The van der Waals surface area contributed by atoms with E-state index in [0.717, 1.165) is 11.3 Å². The van der Waals surface area contributed by atoms with Crippen molar-refractivity contribution in [2.75, 3.05) is 11.6 Å². The largest absolute Gasteiger partial charge is 0.430 e. The molecule has 0 saturated heterocycles. The minimum atomic E-state index is -0.179. The number of nitrogens with two attached hydrogens (primary N) is 1. The SMILES string of the molecule is CC(C#N)CN(N)c1nc(-c2ccccc2)co1. The van der Waals surface area contributed by atoms with Gasteiger partial charge in [0.2, 0.25) is 0 Å². The van der Waals surface area contributed by atoms with Crippen LogP contribution in [-0.4, -0.2) is 11.5 Å². The zero-order valence-corrected chi connectivity index (χ0v) is 10.1. The van der Waals surface area contributed by atoms with E-state index in [1.807, 2.05) is 30.3 Å². The number of anilines is 1. The van der Waals surface area contributed by atoms with Gasteiger partial charge in [0.1, 0.15) is 12.0 Å². The molecule has 1 aromatic heterocycles. The van der Waals surface area contributed by atoms with Crippen LogP contribution in [0.5, 0.6) is 0 Å². The van der Waals surface area contributed by atoms with Gasteiger partial charge in [0.15, 0.2) is 0 Å². The Morgan fingerprint density at radius 3 is 2.83 bits per heavy atom. The first-order chi connectivity index (χ1) is 8.70. The number of oxazole rings is 1. The highest BCUT2D eigenvalue weighted by Crippen LogP contribution is 2.21. The van der Waals surface area contributed by atoms with Crippen molar-refractivity contribution in [3.05, 3.63) is 36.6 Å². The van der Waals surface area contributed by atoms with Crippen LogP contribution in [-0.2, 0) is 0 Å². The number of nitriles is 1. The fourth-order valence-electron chi connectivity index (χ4n) is 1.55. The van der Waals surface area contributed by atoms with E-state index in [-0.39, 0.29) is 5.92 Å². The Kier molecular flexibility index (Phi) is 3.60. The molecule has 1 aromatic carbocycles. The van der Waals surface area contributed by atoms with Gasteiger partial charge in [-0.15, -0.1) is 0 Å². The molecule has 1 unspecified atom stereocenters. The molecule has 0 radical (unpaired) electrons. The second kappa shape index (κ2) is 5.34. The second-order valence-electron chi connectivity index (χ2n) is 4.06. The van der Waals surface area contributed by atoms with Crippen LogP contribution < -0.4 is 10.9 Å². The monoisotopic (exact) mass is 242 g/mol. The summed E-state index contributed by atoms with van der Waals surface area (Å²) >= 11 is 0. The van der Waals surface area contributed by atoms with Gasteiger partial charge in [-0.05, 0) is 6.92 Å². The number of rotatable bonds is 4. The standard InChI is InChI=1S/C13H14N4O/c1-10(7-14)8-17(15)13-16-12(9-18-13)11-5-3-2-4-6-11/h2-6,9-10H,8,15H2,1H3. The summed E-state index contributed by atoms with van der Waals surface area (Å²) in [5.41, 5.74) is 1.69. The average molecular weight is 242 g/mol. The van der Waals surface area contributed by atoms with Gasteiger partial charge in [-0.1, -0.05) is 30.3 Å². The Balaban J connectivity index is 2.14. The van der Waals surface area contributed by atoms with Gasteiger partial charge in [0, 0.05) is 5.56 Å². The molecule has 2 N–H and O–H groups in total. The Hall–Kier alpha value is -2.32. The molecule has 0 saturated carbocycles. The van der Waals surface area contributed by atoms with Gasteiger partial charge in [-0.2, -0.15) is 10.2 Å². The third-order valence-electron chi connectivity index (χ3n) is 2.50. The summed E-state index contributed by atoms with van der Waals surface area (Å²) in [6.45, 7) is 2.17. The summed E-state index contributed by atoms with van der Waals surface area (Å²) in [6, 6.07) is 12.1. The number of hydrazine groups is 1. The van der Waals surface area contributed by atoms with Crippen molar-refractivity contribution in [3.8, 4) is 17.3 Å². The molecule has 0 amide bonds. The Morgan fingerprint density at radius 2 is 2.17 bits per heavy atom. The van der Waals surface area contributed by atoms with Crippen LogP contribution in [0.4, 0.5) is 6.01 Å². The lowest BCUT2D eigenvalue weighted by Gasteiger charge is -2.14. The number of hydrogen-bond acceptors (Lipinski definition) is 5. The van der Waals surface area contributed by atoms with Gasteiger partial charge in [0.25, 0.3) is 0 Å². The Bertz CT molecular complexity index is 544. The lowest BCUT2D eigenvalue weighted by atomic mass is 10.2. The van der Waals surface area contributed by atoms with E-state index < -0.39 is 0 Å². The molecule has 0 spiro atoms. The highest BCUT2D eigenvalue weighted by atomic mass is 16.4. The third-order valence-corrected chi connectivity index (χ3v) is 2.50. The number of nitrogens with zero attached hydrogens (tertiary/aromatic N) is 3. The summed E-state index contributed by atoms with van der Waals surface area (Å²) in [7, 11) is 0. The fourth-order valence-corrected chi connectivity index (χ4v) is 1.55. The van der Waals surface area contributed by atoms with Crippen LogP contribution >= 0.6 is 0 Å². The van der Waals surface area contributed by atoms with Crippen LogP contribution in [0.25, 0.3) is 11.3 Å². The van der Waals surface area contributed by atoms with Crippen molar-refractivity contribution in [2.24, 2.45) is 11.8 Å². The summed E-state index contributed by atoms with van der Waals surface area (Å²) < 4.78 is 5.31. The van der Waals surface area contributed by atoms with Crippen LogP contribution in [0.3, 0.4) is 0 Å². The smallest absolute Gasteiger partial charge is 0.312 e. The first-order valence-electron chi connectivity index (χ1n) is 5.63. The normalized spacial score (nSPS) is 11.8. The highest BCUT2D eigenvalue weighted by Gasteiger charge is 2.13. The molecule has 2 rings (SSSR count). The number of hydrogen-bond donors (Lipinski definition) is 1. The van der Waals surface area contributed by atoms with Crippen LogP contribution in [0.1, 0.15) is 6.92 Å². The second-order valence-corrected chi connectivity index (χ2v) is 4.06. The zero-order valence-electron chi connectivity index (χ0n) is 10.1. The molecule has 18 heavy (non-hydrogen) atoms. The predicted molar refractivity (Wildman–Crippen MR) is 68.2 cm³/mol. The van der Waals surface area contributed by atoms with Gasteiger partial charge in [-0.3, -0.25) is 5.01 Å². The fraction of sp³-hybridized carbons (Fsp3) is 0.231. The van der Waals surface area contributed by atoms with Gasteiger partial charge < -0.3 is 4.42 Å². The van der Waals surface area contributed by atoms with Gasteiger partial charge in [-0.25, -0.2) is 5.84 Å². The lowest BCUT2D eigenvalue weighted by Crippen LogP contribution is -2.34. The van der Waals surface area contributed by atoms with Crippen LogP contribution in [0, 0.1) is 17.2 Å². The molecule has 1 heterocycles. The molecule has 5 nitrogen and oxygen atoms in total. The van der Waals surface area contributed by atoms with E-state index in [1.165, 1.54) is 5.01 Å². The summed E-state index contributed by atoms with van der Waals surface area (Å²) in [5, 5.41) is 10.1. The van der Waals surface area contributed by atoms with E-state index in [2.05, 4.69) is 11.1 Å². The Morgan fingerprint density at radius 1 is 1.44 bits per heavy atom. The molecule has 0 bridgehead atoms. The van der Waals surface area contributed by atoms with E-state index in [0.29, 0.717) is 12.6 Å². The number of aromatic nitrogens is 1. The molecule has 92 valence electrons. The molecular formula is C13H14N4O. The summed E-state index contributed by atoms with van der Waals surface area (Å²) in [5.74, 6) is 5.61. The first-order valence-corrected chi connectivity index (χ1v) is 5.63. The Labute approximate surface area is 105 Å². The highest BCUT2D eigenvalue weighted by molar-refractivity contribution is 5.59. The molecule has 2 aromatic rings. The maximum Gasteiger partial charge on any atom is 0.312 e. The summed E-state index contributed by atoms with van der Waals surface area (Å²) in [6.07, 6.45) is 1.56. The van der Waals surface area contributed by atoms with Crippen molar-refractivity contribution >= 4 is 6.01 Å². The molecular weight excluding hydrogens is 228 g/mol. The molecule has 0 aliphatic rings. The van der Waals surface area contributed by atoms with E-state index in [9.17, 15) is 0 Å². The summed E-state index contributed by atoms with van der Waals surface area (Å²) in [4.78, 5) is 4.29. The van der Waals surface area contributed by atoms with Crippen molar-refractivity contribution in [1.29, 1.82) is 5.26 Å². The van der Waals surface area contributed by atoms with Crippen molar-refractivity contribution < 1.29 is 4.42 Å². The average Bonchev–Trinajstić information content (AvgIpc) is 2.89. The minimum Gasteiger partial charge on any atom is -0.430 e. The maximum absolute atomic E-state index is 8.73. The molecule has 0 aliphatic carbocycles. The minimum absolute atomic E-state index is 0.179. The van der Waals surface area contributed by atoms with Crippen LogP contribution in [0.15, 0.2) is 41.0 Å².